The number of rotatable bonds is 3. The lowest BCUT2D eigenvalue weighted by molar-refractivity contribution is -0.121. The first-order valence-corrected chi connectivity index (χ1v) is 5.83. The van der Waals surface area contributed by atoms with Gasteiger partial charge in [-0.05, 0) is 37.2 Å². The van der Waals surface area contributed by atoms with Crippen molar-refractivity contribution in [3.63, 3.8) is 0 Å². The zero-order chi connectivity index (χ0) is 13.1. The summed E-state index contributed by atoms with van der Waals surface area (Å²) in [6.45, 7) is 3.57. The number of nitrogens with one attached hydrogen (secondary N) is 2. The number of carbonyl (C=O) groups is 1. The Balaban J connectivity index is 2.04. The number of carbonyl (C=O) groups excluding carboxylic acids is 1. The van der Waals surface area contributed by atoms with Crippen LogP contribution in [0.1, 0.15) is 12.5 Å². The van der Waals surface area contributed by atoms with Crippen LogP contribution in [0.4, 0.5) is 10.1 Å². The Hall–Kier alpha value is -1.93. The molecule has 18 heavy (non-hydrogen) atoms. The lowest BCUT2D eigenvalue weighted by Gasteiger charge is -2.31. The number of benzene rings is 1. The highest BCUT2D eigenvalue weighted by molar-refractivity contribution is 5.92. The van der Waals surface area contributed by atoms with Gasteiger partial charge >= 0.3 is 0 Å². The normalized spacial score (nSPS) is 16.5. The zero-order valence-electron chi connectivity index (χ0n) is 10.0. The second kappa shape index (κ2) is 5.15. The molecular weight excluding hydrogens is 233 g/mol. The van der Waals surface area contributed by atoms with E-state index in [-0.39, 0.29) is 17.4 Å². The van der Waals surface area contributed by atoms with Crippen molar-refractivity contribution in [2.24, 2.45) is 11.8 Å². The maximum absolute atomic E-state index is 13.1. The first-order chi connectivity index (χ1) is 8.61. The van der Waals surface area contributed by atoms with Crippen molar-refractivity contribution in [1.82, 2.24) is 5.32 Å². The molecule has 1 fully saturated rings. The standard InChI is InChI=1S/C13H14FN3O/c1-8(10-6-16-7-10)13(18)17-11-2-3-12(14)9(4-11)5-15/h2-4,8,10,16H,6-7H2,1H3,(H,17,18). The minimum Gasteiger partial charge on any atom is -0.326 e. The van der Waals surface area contributed by atoms with E-state index in [9.17, 15) is 9.18 Å². The van der Waals surface area contributed by atoms with E-state index in [1.165, 1.54) is 18.2 Å². The molecule has 1 amide bonds. The Kier molecular flexibility index (Phi) is 3.58. The van der Waals surface area contributed by atoms with E-state index >= 15 is 0 Å². The van der Waals surface area contributed by atoms with Crippen molar-refractivity contribution in [2.75, 3.05) is 18.4 Å². The summed E-state index contributed by atoms with van der Waals surface area (Å²) in [4.78, 5) is 11.9. The minimum atomic E-state index is -0.577. The smallest absolute Gasteiger partial charge is 0.227 e. The van der Waals surface area contributed by atoms with Crippen LogP contribution in [0.2, 0.25) is 0 Å². The van der Waals surface area contributed by atoms with E-state index in [1.54, 1.807) is 6.07 Å². The molecule has 1 saturated heterocycles. The SMILES string of the molecule is CC(C(=O)Nc1ccc(F)c(C#N)c1)C1CNC1. The Bertz CT molecular complexity index is 505. The van der Waals surface area contributed by atoms with Gasteiger partial charge in [-0.3, -0.25) is 4.79 Å². The second-order valence-electron chi connectivity index (χ2n) is 4.50. The molecule has 0 aromatic heterocycles. The molecule has 0 radical (unpaired) electrons. The lowest BCUT2D eigenvalue weighted by Crippen LogP contribution is -2.48. The topological polar surface area (TPSA) is 64.9 Å². The van der Waals surface area contributed by atoms with Crippen LogP contribution in [0.15, 0.2) is 18.2 Å². The highest BCUT2D eigenvalue weighted by Gasteiger charge is 2.28. The Labute approximate surface area is 105 Å². The number of amides is 1. The molecule has 0 aliphatic carbocycles. The average Bonchev–Trinajstić information content (AvgIpc) is 2.29. The predicted octanol–water partition coefficient (Wildman–Crippen LogP) is 1.49. The van der Waals surface area contributed by atoms with Crippen molar-refractivity contribution in [3.8, 4) is 6.07 Å². The molecule has 1 aliphatic heterocycles. The van der Waals surface area contributed by atoms with Crippen molar-refractivity contribution < 1.29 is 9.18 Å². The summed E-state index contributed by atoms with van der Waals surface area (Å²) in [6.07, 6.45) is 0. The van der Waals surface area contributed by atoms with Gasteiger partial charge in [-0.2, -0.15) is 5.26 Å². The van der Waals surface area contributed by atoms with Gasteiger partial charge in [0.1, 0.15) is 11.9 Å². The van der Waals surface area contributed by atoms with E-state index in [1.807, 2.05) is 6.92 Å². The Morgan fingerprint density at radius 1 is 1.61 bits per heavy atom. The number of nitrogens with zero attached hydrogens (tertiary/aromatic N) is 1. The number of hydrogen-bond acceptors (Lipinski definition) is 3. The molecule has 0 spiro atoms. The average molecular weight is 247 g/mol. The fraction of sp³-hybridized carbons (Fsp3) is 0.385. The van der Waals surface area contributed by atoms with Crippen LogP contribution in [0.3, 0.4) is 0 Å². The summed E-state index contributed by atoms with van der Waals surface area (Å²) in [5.41, 5.74) is 0.392. The van der Waals surface area contributed by atoms with Gasteiger partial charge in [0.25, 0.3) is 0 Å². The fourth-order valence-corrected chi connectivity index (χ4v) is 1.82. The molecule has 0 saturated carbocycles. The quantitative estimate of drug-likeness (QED) is 0.850. The third-order valence-corrected chi connectivity index (χ3v) is 3.29. The molecule has 1 aliphatic rings. The molecule has 4 nitrogen and oxygen atoms in total. The van der Waals surface area contributed by atoms with Gasteiger partial charge in [0.05, 0.1) is 5.56 Å². The highest BCUT2D eigenvalue weighted by atomic mass is 19.1. The third-order valence-electron chi connectivity index (χ3n) is 3.29. The zero-order valence-corrected chi connectivity index (χ0v) is 10.0. The maximum Gasteiger partial charge on any atom is 0.227 e. The lowest BCUT2D eigenvalue weighted by atomic mass is 9.88. The van der Waals surface area contributed by atoms with Gasteiger partial charge in [0, 0.05) is 11.6 Å². The van der Waals surface area contributed by atoms with Gasteiger partial charge < -0.3 is 10.6 Å². The van der Waals surface area contributed by atoms with Gasteiger partial charge in [0.2, 0.25) is 5.91 Å². The number of halogens is 1. The van der Waals surface area contributed by atoms with Gasteiger partial charge in [-0.25, -0.2) is 4.39 Å². The molecule has 1 heterocycles. The second-order valence-corrected chi connectivity index (χ2v) is 4.50. The molecule has 94 valence electrons. The summed E-state index contributed by atoms with van der Waals surface area (Å²) in [5.74, 6) is -0.425. The van der Waals surface area contributed by atoms with E-state index in [0.29, 0.717) is 11.6 Å². The summed E-state index contributed by atoms with van der Waals surface area (Å²) in [6, 6.07) is 5.74. The Morgan fingerprint density at radius 3 is 2.89 bits per heavy atom. The van der Waals surface area contributed by atoms with Crippen molar-refractivity contribution in [2.45, 2.75) is 6.92 Å². The summed E-state index contributed by atoms with van der Waals surface area (Å²) in [7, 11) is 0. The molecule has 1 unspecified atom stereocenters. The molecule has 1 aromatic carbocycles. The third kappa shape index (κ3) is 2.49. The minimum absolute atomic E-state index is 0.0641. The van der Waals surface area contributed by atoms with Crippen molar-refractivity contribution in [1.29, 1.82) is 5.26 Å². The molecular formula is C13H14FN3O. The number of nitriles is 1. The van der Waals surface area contributed by atoms with Crippen LogP contribution >= 0.6 is 0 Å². The predicted molar refractivity (Wildman–Crippen MR) is 65.3 cm³/mol. The van der Waals surface area contributed by atoms with Crippen molar-refractivity contribution in [3.05, 3.63) is 29.6 Å². The summed E-state index contributed by atoms with van der Waals surface area (Å²) >= 11 is 0. The summed E-state index contributed by atoms with van der Waals surface area (Å²) in [5, 5.41) is 14.5. The van der Waals surface area contributed by atoms with Crippen LogP contribution in [0, 0.1) is 29.0 Å². The monoisotopic (exact) mass is 247 g/mol. The summed E-state index contributed by atoms with van der Waals surface area (Å²) < 4.78 is 13.1. The highest BCUT2D eigenvalue weighted by Crippen LogP contribution is 2.19. The van der Waals surface area contributed by atoms with Gasteiger partial charge in [-0.15, -0.1) is 0 Å². The Morgan fingerprint density at radius 2 is 2.33 bits per heavy atom. The molecule has 2 N–H and O–H groups in total. The molecule has 1 aromatic rings. The van der Waals surface area contributed by atoms with Crippen LogP contribution in [0.25, 0.3) is 0 Å². The van der Waals surface area contributed by atoms with E-state index < -0.39 is 5.82 Å². The largest absolute Gasteiger partial charge is 0.326 e. The van der Waals surface area contributed by atoms with E-state index in [4.69, 9.17) is 5.26 Å². The fourth-order valence-electron chi connectivity index (χ4n) is 1.82. The van der Waals surface area contributed by atoms with Crippen LogP contribution in [-0.4, -0.2) is 19.0 Å². The first kappa shape index (κ1) is 12.5. The van der Waals surface area contributed by atoms with Gasteiger partial charge in [-0.1, -0.05) is 6.92 Å². The molecule has 5 heteroatoms. The van der Waals surface area contributed by atoms with Crippen molar-refractivity contribution >= 4 is 11.6 Å². The van der Waals surface area contributed by atoms with E-state index in [2.05, 4.69) is 10.6 Å². The molecule has 1 atom stereocenters. The van der Waals surface area contributed by atoms with Crippen LogP contribution in [-0.2, 0) is 4.79 Å². The number of anilines is 1. The van der Waals surface area contributed by atoms with Gasteiger partial charge in [0.15, 0.2) is 0 Å². The maximum atomic E-state index is 13.1. The molecule has 0 bridgehead atoms. The van der Waals surface area contributed by atoms with E-state index in [0.717, 1.165) is 13.1 Å². The molecule has 2 rings (SSSR count). The van der Waals surface area contributed by atoms with Crippen LogP contribution in [0.5, 0.6) is 0 Å². The van der Waals surface area contributed by atoms with Crippen LogP contribution < -0.4 is 10.6 Å². The number of hydrogen-bond donors (Lipinski definition) is 2. The first-order valence-electron chi connectivity index (χ1n) is 5.83.